The predicted molar refractivity (Wildman–Crippen MR) is 117 cm³/mol. The van der Waals surface area contributed by atoms with Crippen LogP contribution in [0.3, 0.4) is 0 Å². The molecule has 2 aliphatic rings. The molecule has 3 aromatic carbocycles. The predicted octanol–water partition coefficient (Wildman–Crippen LogP) is 5.34. The Bertz CT molecular complexity index is 1040. The second kappa shape index (κ2) is 7.16. The van der Waals surface area contributed by atoms with Gasteiger partial charge in [-0.05, 0) is 49.1 Å². The molecule has 3 heteroatoms. The molecule has 0 N–H and O–H groups in total. The van der Waals surface area contributed by atoms with Crippen molar-refractivity contribution in [3.8, 4) is 0 Å². The second-order valence-corrected chi connectivity index (χ2v) is 8.11. The number of hydrogen-bond acceptors (Lipinski definition) is 2. The van der Waals surface area contributed by atoms with Gasteiger partial charge in [0.2, 0.25) is 0 Å². The Morgan fingerprint density at radius 2 is 1.52 bits per heavy atom. The molecule has 0 aliphatic carbocycles. The number of benzene rings is 3. The highest BCUT2D eigenvalue weighted by atomic mass is 16.2. The van der Waals surface area contributed by atoms with Gasteiger partial charge in [-0.25, -0.2) is 0 Å². The lowest BCUT2D eigenvalue weighted by Crippen LogP contribution is -2.58. The number of aryl methyl sites for hydroxylation is 1. The Balaban J connectivity index is 1.84. The summed E-state index contributed by atoms with van der Waals surface area (Å²) in [6.07, 6.45) is 3.57. The molecule has 1 fully saturated rings. The summed E-state index contributed by atoms with van der Waals surface area (Å²) in [5.41, 5.74) is 4.57. The van der Waals surface area contributed by atoms with Crippen molar-refractivity contribution in [2.24, 2.45) is 0 Å². The zero-order chi connectivity index (χ0) is 19.8. The molecule has 1 unspecified atom stereocenters. The van der Waals surface area contributed by atoms with E-state index in [-0.39, 0.29) is 5.91 Å². The SMILES string of the molecule is Cc1cccc(N2C(=O)c3ccccc3C2(c2ccccc2)N2CCCCC2)c1. The maximum atomic E-state index is 13.8. The molecule has 146 valence electrons. The van der Waals surface area contributed by atoms with Crippen LogP contribution in [0.5, 0.6) is 0 Å². The molecule has 0 saturated carbocycles. The number of carbonyl (C=O) groups is 1. The summed E-state index contributed by atoms with van der Waals surface area (Å²) in [5.74, 6) is 0.0839. The summed E-state index contributed by atoms with van der Waals surface area (Å²) >= 11 is 0. The Morgan fingerprint density at radius 3 is 2.28 bits per heavy atom. The van der Waals surface area contributed by atoms with Crippen molar-refractivity contribution in [3.05, 3.63) is 101 Å². The lowest BCUT2D eigenvalue weighted by molar-refractivity contribution is 0.0793. The maximum absolute atomic E-state index is 13.8. The van der Waals surface area contributed by atoms with E-state index >= 15 is 0 Å². The number of hydrogen-bond donors (Lipinski definition) is 0. The minimum absolute atomic E-state index is 0.0839. The van der Waals surface area contributed by atoms with E-state index < -0.39 is 5.66 Å². The van der Waals surface area contributed by atoms with E-state index in [1.165, 1.54) is 6.42 Å². The fourth-order valence-corrected chi connectivity index (χ4v) is 5.10. The number of fused-ring (bicyclic) bond motifs is 1. The van der Waals surface area contributed by atoms with Gasteiger partial charge in [-0.3, -0.25) is 14.6 Å². The number of rotatable bonds is 3. The van der Waals surface area contributed by atoms with Gasteiger partial charge in [-0.15, -0.1) is 0 Å². The van der Waals surface area contributed by atoms with Crippen LogP contribution in [0.25, 0.3) is 0 Å². The molecular weight excluding hydrogens is 356 g/mol. The lowest BCUT2D eigenvalue weighted by Gasteiger charge is -2.49. The minimum atomic E-state index is -0.608. The van der Waals surface area contributed by atoms with Crippen molar-refractivity contribution in [1.82, 2.24) is 4.90 Å². The van der Waals surface area contributed by atoms with Crippen LogP contribution in [0, 0.1) is 6.92 Å². The molecule has 3 aromatic rings. The van der Waals surface area contributed by atoms with Crippen LogP contribution in [-0.4, -0.2) is 23.9 Å². The third-order valence-corrected chi connectivity index (χ3v) is 6.31. The highest BCUT2D eigenvalue weighted by Gasteiger charge is 2.55. The van der Waals surface area contributed by atoms with Gasteiger partial charge in [0.1, 0.15) is 0 Å². The Morgan fingerprint density at radius 1 is 0.793 bits per heavy atom. The van der Waals surface area contributed by atoms with Gasteiger partial charge >= 0.3 is 0 Å². The van der Waals surface area contributed by atoms with Gasteiger partial charge in [-0.1, -0.05) is 67.1 Å². The summed E-state index contributed by atoms with van der Waals surface area (Å²) < 4.78 is 0. The number of likely N-dealkylation sites (tertiary alicyclic amines) is 1. The molecular formula is C26H26N2O. The number of nitrogens with zero attached hydrogens (tertiary/aromatic N) is 2. The summed E-state index contributed by atoms with van der Waals surface area (Å²) in [7, 11) is 0. The van der Waals surface area contributed by atoms with E-state index in [1.54, 1.807) is 0 Å². The molecule has 0 spiro atoms. The molecule has 0 radical (unpaired) electrons. The smallest absolute Gasteiger partial charge is 0.260 e. The van der Waals surface area contributed by atoms with Crippen molar-refractivity contribution < 1.29 is 4.79 Å². The molecule has 0 bridgehead atoms. The van der Waals surface area contributed by atoms with E-state index in [2.05, 4.69) is 66.4 Å². The van der Waals surface area contributed by atoms with E-state index in [9.17, 15) is 4.79 Å². The van der Waals surface area contributed by atoms with Gasteiger partial charge in [0.25, 0.3) is 5.91 Å². The van der Waals surface area contributed by atoms with Crippen LogP contribution in [0.1, 0.15) is 46.3 Å². The van der Waals surface area contributed by atoms with Crippen LogP contribution >= 0.6 is 0 Å². The quantitative estimate of drug-likeness (QED) is 0.610. The molecule has 0 aromatic heterocycles. The van der Waals surface area contributed by atoms with Crippen LogP contribution < -0.4 is 4.90 Å². The second-order valence-electron chi connectivity index (χ2n) is 8.11. The summed E-state index contributed by atoms with van der Waals surface area (Å²) in [4.78, 5) is 18.4. The third kappa shape index (κ3) is 2.72. The number of anilines is 1. The first kappa shape index (κ1) is 18.1. The Hall–Kier alpha value is -2.91. The van der Waals surface area contributed by atoms with Crippen LogP contribution in [0.2, 0.25) is 0 Å². The maximum Gasteiger partial charge on any atom is 0.260 e. The molecule has 3 nitrogen and oxygen atoms in total. The molecule has 5 rings (SSSR count). The van der Waals surface area contributed by atoms with Gasteiger partial charge < -0.3 is 0 Å². The Kier molecular flexibility index (Phi) is 4.48. The van der Waals surface area contributed by atoms with Crippen molar-refractivity contribution in [2.45, 2.75) is 31.8 Å². The van der Waals surface area contributed by atoms with Crippen molar-refractivity contribution in [1.29, 1.82) is 0 Å². The van der Waals surface area contributed by atoms with Gasteiger partial charge in [0.15, 0.2) is 5.66 Å². The monoisotopic (exact) mass is 382 g/mol. The highest BCUT2D eigenvalue weighted by Crippen LogP contribution is 2.49. The molecule has 29 heavy (non-hydrogen) atoms. The summed E-state index contributed by atoms with van der Waals surface area (Å²) in [5, 5.41) is 0. The molecule has 1 saturated heterocycles. The number of carbonyl (C=O) groups excluding carboxylic acids is 1. The number of piperidine rings is 1. The standard InChI is InChI=1S/C26H26N2O/c1-20-11-10-14-22(19-20)28-25(29)23-15-6-7-16-24(23)26(28,21-12-4-2-5-13-21)27-17-8-3-9-18-27/h2,4-7,10-16,19H,3,8-9,17-18H2,1H3. The molecule has 1 atom stereocenters. The average Bonchev–Trinajstić information content (AvgIpc) is 3.05. The van der Waals surface area contributed by atoms with Crippen molar-refractivity contribution in [3.63, 3.8) is 0 Å². The zero-order valence-electron chi connectivity index (χ0n) is 16.8. The normalized spacial score (nSPS) is 22.0. The lowest BCUT2D eigenvalue weighted by atomic mass is 9.87. The largest absolute Gasteiger partial charge is 0.281 e. The van der Waals surface area contributed by atoms with E-state index in [0.29, 0.717) is 0 Å². The van der Waals surface area contributed by atoms with Gasteiger partial charge in [-0.2, -0.15) is 0 Å². The van der Waals surface area contributed by atoms with Crippen LogP contribution in [0.4, 0.5) is 5.69 Å². The van der Waals surface area contributed by atoms with Crippen LogP contribution in [0.15, 0.2) is 78.9 Å². The minimum Gasteiger partial charge on any atom is -0.281 e. The Labute approximate surface area is 172 Å². The van der Waals surface area contributed by atoms with Crippen molar-refractivity contribution >= 4 is 11.6 Å². The number of amides is 1. The molecule has 1 amide bonds. The van der Waals surface area contributed by atoms with E-state index in [4.69, 9.17) is 0 Å². The molecule has 2 heterocycles. The third-order valence-electron chi connectivity index (χ3n) is 6.31. The van der Waals surface area contributed by atoms with Crippen LogP contribution in [-0.2, 0) is 5.66 Å². The highest BCUT2D eigenvalue weighted by molar-refractivity contribution is 6.12. The summed E-state index contributed by atoms with van der Waals surface area (Å²) in [6, 6.07) is 27.1. The van der Waals surface area contributed by atoms with Crippen molar-refractivity contribution in [2.75, 3.05) is 18.0 Å². The van der Waals surface area contributed by atoms with E-state index in [0.717, 1.165) is 53.9 Å². The fraction of sp³-hybridized carbons (Fsp3) is 0.269. The first-order valence-electron chi connectivity index (χ1n) is 10.5. The van der Waals surface area contributed by atoms with E-state index in [1.807, 2.05) is 29.2 Å². The first-order chi connectivity index (χ1) is 14.2. The average molecular weight is 383 g/mol. The fourth-order valence-electron chi connectivity index (χ4n) is 5.10. The molecule has 2 aliphatic heterocycles. The van der Waals surface area contributed by atoms with Gasteiger partial charge in [0, 0.05) is 29.9 Å². The van der Waals surface area contributed by atoms with Gasteiger partial charge in [0.05, 0.1) is 0 Å². The summed E-state index contributed by atoms with van der Waals surface area (Å²) in [6.45, 7) is 4.06. The first-order valence-corrected chi connectivity index (χ1v) is 10.5. The topological polar surface area (TPSA) is 23.6 Å². The zero-order valence-corrected chi connectivity index (χ0v) is 16.8.